The van der Waals surface area contributed by atoms with Crippen LogP contribution in [-0.4, -0.2) is 10.6 Å². The predicted octanol–water partition coefficient (Wildman–Crippen LogP) is 3.75. The highest BCUT2D eigenvalue weighted by atomic mass is 16.6. The molecule has 0 saturated carbocycles. The number of hydrogen-bond acceptors (Lipinski definition) is 4. The van der Waals surface area contributed by atoms with Crippen molar-refractivity contribution in [2.24, 2.45) is 5.10 Å². The summed E-state index contributed by atoms with van der Waals surface area (Å²) >= 11 is 0. The Hall–Kier alpha value is -2.69. The van der Waals surface area contributed by atoms with Crippen LogP contribution in [0.25, 0.3) is 0 Å². The highest BCUT2D eigenvalue weighted by molar-refractivity contribution is 6.03. The molecule has 1 N–H and O–H groups in total. The predicted molar refractivity (Wildman–Crippen MR) is 82.6 cm³/mol. The Morgan fingerprint density at radius 3 is 2.81 bits per heavy atom. The van der Waals surface area contributed by atoms with E-state index in [0.29, 0.717) is 5.69 Å². The molecule has 0 aromatic heterocycles. The number of hydrogen-bond donors (Lipinski definition) is 1. The summed E-state index contributed by atoms with van der Waals surface area (Å²) in [5.74, 6) is 0. The van der Waals surface area contributed by atoms with E-state index in [9.17, 15) is 10.1 Å². The fourth-order valence-electron chi connectivity index (χ4n) is 2.54. The van der Waals surface area contributed by atoms with Gasteiger partial charge in [0.15, 0.2) is 0 Å². The minimum absolute atomic E-state index is 0.0595. The maximum Gasteiger partial charge on any atom is 0.271 e. The first-order chi connectivity index (χ1) is 10.2. The minimum Gasteiger partial charge on any atom is -0.278 e. The molecule has 0 amide bonds. The molecule has 0 aliphatic heterocycles. The number of aryl methyl sites for hydroxylation is 1. The largest absolute Gasteiger partial charge is 0.278 e. The molecule has 0 heterocycles. The van der Waals surface area contributed by atoms with Crippen LogP contribution in [0.2, 0.25) is 0 Å². The summed E-state index contributed by atoms with van der Waals surface area (Å²) < 4.78 is 0. The molecule has 0 spiro atoms. The minimum atomic E-state index is -0.408. The van der Waals surface area contributed by atoms with Gasteiger partial charge in [-0.25, -0.2) is 0 Å². The summed E-state index contributed by atoms with van der Waals surface area (Å²) in [7, 11) is 0. The van der Waals surface area contributed by atoms with Crippen LogP contribution in [0, 0.1) is 10.1 Å². The summed E-state index contributed by atoms with van der Waals surface area (Å²) in [5.41, 5.74) is 7.10. The lowest BCUT2D eigenvalue weighted by Gasteiger charge is -2.17. The van der Waals surface area contributed by atoms with Crippen molar-refractivity contribution in [3.05, 3.63) is 69.8 Å². The van der Waals surface area contributed by atoms with Crippen LogP contribution in [0.4, 0.5) is 11.4 Å². The lowest BCUT2D eigenvalue weighted by atomic mass is 9.90. The third-order valence-corrected chi connectivity index (χ3v) is 3.56. The van der Waals surface area contributed by atoms with E-state index < -0.39 is 4.92 Å². The number of nitro benzene ring substituents is 1. The number of nitrogens with one attached hydrogen (secondary N) is 1. The average Bonchev–Trinajstić information content (AvgIpc) is 2.53. The van der Waals surface area contributed by atoms with E-state index in [1.165, 1.54) is 23.3 Å². The maximum absolute atomic E-state index is 10.8. The van der Waals surface area contributed by atoms with Crippen LogP contribution in [0.5, 0.6) is 0 Å². The SMILES string of the molecule is O=[N+]([O-])c1cccc(N/N=C2\CCCc3ccccc32)c1. The van der Waals surface area contributed by atoms with Gasteiger partial charge in [-0.15, -0.1) is 0 Å². The number of nitro groups is 1. The van der Waals surface area contributed by atoms with Crippen LogP contribution in [0.1, 0.15) is 24.0 Å². The van der Waals surface area contributed by atoms with Gasteiger partial charge in [-0.3, -0.25) is 15.5 Å². The first kappa shape index (κ1) is 13.3. The number of non-ortho nitro benzene ring substituents is 1. The van der Waals surface area contributed by atoms with Gasteiger partial charge in [0.25, 0.3) is 5.69 Å². The van der Waals surface area contributed by atoms with Crippen molar-refractivity contribution < 1.29 is 4.92 Å². The molecule has 2 aromatic carbocycles. The van der Waals surface area contributed by atoms with Crippen LogP contribution in [-0.2, 0) is 6.42 Å². The molecule has 0 saturated heterocycles. The highest BCUT2D eigenvalue weighted by Crippen LogP contribution is 2.22. The second kappa shape index (κ2) is 5.75. The van der Waals surface area contributed by atoms with Crippen molar-refractivity contribution in [2.75, 3.05) is 5.43 Å². The summed E-state index contributed by atoms with van der Waals surface area (Å²) in [4.78, 5) is 10.4. The average molecular weight is 281 g/mol. The fraction of sp³-hybridized carbons (Fsp3) is 0.188. The third kappa shape index (κ3) is 2.91. The molecule has 0 atom stereocenters. The van der Waals surface area contributed by atoms with E-state index in [-0.39, 0.29) is 5.69 Å². The molecule has 106 valence electrons. The van der Waals surface area contributed by atoms with Crippen molar-refractivity contribution in [1.29, 1.82) is 0 Å². The lowest BCUT2D eigenvalue weighted by Crippen LogP contribution is -2.13. The van der Waals surface area contributed by atoms with Gasteiger partial charge in [-0.2, -0.15) is 5.10 Å². The Kier molecular flexibility index (Phi) is 3.64. The normalized spacial score (nSPS) is 15.5. The van der Waals surface area contributed by atoms with E-state index >= 15 is 0 Å². The molecule has 0 radical (unpaired) electrons. The number of hydrazone groups is 1. The first-order valence-corrected chi connectivity index (χ1v) is 6.89. The monoisotopic (exact) mass is 281 g/mol. The molecule has 5 nitrogen and oxygen atoms in total. The summed E-state index contributed by atoms with van der Waals surface area (Å²) in [6.45, 7) is 0. The van der Waals surface area contributed by atoms with E-state index in [4.69, 9.17) is 0 Å². The zero-order chi connectivity index (χ0) is 14.7. The number of fused-ring (bicyclic) bond motifs is 1. The standard InChI is InChI=1S/C16H15N3O2/c20-19(21)14-8-4-7-13(11-14)17-18-16-10-3-6-12-5-1-2-9-15(12)16/h1-2,4-5,7-9,11,17H,3,6,10H2/b18-16+. The number of rotatable bonds is 3. The fourth-order valence-corrected chi connectivity index (χ4v) is 2.54. The van der Waals surface area contributed by atoms with Gasteiger partial charge in [0.1, 0.15) is 0 Å². The lowest BCUT2D eigenvalue weighted by molar-refractivity contribution is -0.384. The van der Waals surface area contributed by atoms with Gasteiger partial charge >= 0.3 is 0 Å². The Balaban J connectivity index is 1.84. The van der Waals surface area contributed by atoms with Gasteiger partial charge in [0.05, 0.1) is 16.3 Å². The molecule has 3 rings (SSSR count). The molecule has 5 heteroatoms. The molecule has 0 fully saturated rings. The Bertz CT molecular complexity index is 710. The molecule has 2 aromatic rings. The zero-order valence-electron chi connectivity index (χ0n) is 11.5. The number of nitrogens with zero attached hydrogens (tertiary/aromatic N) is 2. The Labute approximate surface area is 122 Å². The topological polar surface area (TPSA) is 67.5 Å². The van der Waals surface area contributed by atoms with Crippen LogP contribution < -0.4 is 5.43 Å². The van der Waals surface area contributed by atoms with Crippen LogP contribution >= 0.6 is 0 Å². The number of anilines is 1. The van der Waals surface area contributed by atoms with Crippen molar-refractivity contribution >= 4 is 17.1 Å². The summed E-state index contributed by atoms with van der Waals surface area (Å²) in [5, 5.41) is 15.2. The molecule has 21 heavy (non-hydrogen) atoms. The molecular weight excluding hydrogens is 266 g/mol. The summed E-state index contributed by atoms with van der Waals surface area (Å²) in [6, 6.07) is 14.6. The van der Waals surface area contributed by atoms with Gasteiger partial charge < -0.3 is 0 Å². The van der Waals surface area contributed by atoms with Gasteiger partial charge in [0.2, 0.25) is 0 Å². The molecule has 0 unspecified atom stereocenters. The second-order valence-electron chi connectivity index (χ2n) is 4.99. The molecule has 1 aliphatic carbocycles. The third-order valence-electron chi connectivity index (χ3n) is 3.56. The van der Waals surface area contributed by atoms with E-state index in [0.717, 1.165) is 25.0 Å². The maximum atomic E-state index is 10.8. The van der Waals surface area contributed by atoms with E-state index in [1.54, 1.807) is 12.1 Å². The van der Waals surface area contributed by atoms with Gasteiger partial charge in [-0.1, -0.05) is 30.3 Å². The summed E-state index contributed by atoms with van der Waals surface area (Å²) in [6.07, 6.45) is 3.07. The van der Waals surface area contributed by atoms with Crippen molar-refractivity contribution in [2.45, 2.75) is 19.3 Å². The van der Waals surface area contributed by atoms with Crippen LogP contribution in [0.3, 0.4) is 0 Å². The Morgan fingerprint density at radius 2 is 1.95 bits per heavy atom. The van der Waals surface area contributed by atoms with Crippen molar-refractivity contribution in [1.82, 2.24) is 0 Å². The number of benzene rings is 2. The smallest absolute Gasteiger partial charge is 0.271 e. The molecule has 1 aliphatic rings. The second-order valence-corrected chi connectivity index (χ2v) is 4.99. The van der Waals surface area contributed by atoms with Crippen molar-refractivity contribution in [3.8, 4) is 0 Å². The molecule has 0 bridgehead atoms. The zero-order valence-corrected chi connectivity index (χ0v) is 11.5. The quantitative estimate of drug-likeness (QED) is 0.688. The highest BCUT2D eigenvalue weighted by Gasteiger charge is 2.14. The molecular formula is C16H15N3O2. The van der Waals surface area contributed by atoms with E-state index in [1.807, 2.05) is 12.1 Å². The first-order valence-electron chi connectivity index (χ1n) is 6.89. The van der Waals surface area contributed by atoms with Gasteiger partial charge in [0, 0.05) is 17.7 Å². The van der Waals surface area contributed by atoms with E-state index in [2.05, 4.69) is 22.7 Å². The van der Waals surface area contributed by atoms with Gasteiger partial charge in [-0.05, 0) is 30.9 Å². The van der Waals surface area contributed by atoms with Crippen molar-refractivity contribution in [3.63, 3.8) is 0 Å². The Morgan fingerprint density at radius 1 is 1.10 bits per heavy atom. The van der Waals surface area contributed by atoms with Crippen LogP contribution in [0.15, 0.2) is 53.6 Å².